The van der Waals surface area contributed by atoms with E-state index < -0.39 is 10.0 Å². The maximum Gasteiger partial charge on any atom is 0.234 e. The van der Waals surface area contributed by atoms with E-state index in [2.05, 4.69) is 14.6 Å². The molecule has 6 nitrogen and oxygen atoms in total. The summed E-state index contributed by atoms with van der Waals surface area (Å²) in [7, 11) is -3.43. The molecule has 8 heteroatoms. The minimum absolute atomic E-state index is 0.0251. The number of pyridine rings is 1. The first kappa shape index (κ1) is 15.5. The Morgan fingerprint density at radius 3 is 2.85 bits per heavy atom. The lowest BCUT2D eigenvalue weighted by atomic mass is 10.3. The van der Waals surface area contributed by atoms with Gasteiger partial charge in [-0.05, 0) is 18.6 Å². The zero-order chi connectivity index (χ0) is 14.6. The van der Waals surface area contributed by atoms with Gasteiger partial charge in [-0.2, -0.15) is 0 Å². The lowest BCUT2D eigenvalue weighted by Crippen LogP contribution is -2.39. The zero-order valence-corrected chi connectivity index (χ0v) is 12.9. The summed E-state index contributed by atoms with van der Waals surface area (Å²) in [6, 6.07) is 1.67. The standard InChI is InChI=1S/C12H18ClN3O3S/c1-10-8-11(12(13)14-9-10)15-20(17,18)7-4-16-2-5-19-6-3-16/h8-9,15H,2-7H2,1H3. The third kappa shape index (κ3) is 4.59. The molecule has 0 amide bonds. The molecule has 1 fully saturated rings. The highest BCUT2D eigenvalue weighted by atomic mass is 35.5. The molecule has 1 aromatic rings. The van der Waals surface area contributed by atoms with Gasteiger partial charge in [0.1, 0.15) is 0 Å². The van der Waals surface area contributed by atoms with Crippen molar-refractivity contribution >= 4 is 27.3 Å². The molecule has 0 atom stereocenters. The maximum atomic E-state index is 12.1. The summed E-state index contributed by atoms with van der Waals surface area (Å²) in [5.74, 6) is 0.0251. The number of sulfonamides is 1. The fraction of sp³-hybridized carbons (Fsp3) is 0.583. The highest BCUT2D eigenvalue weighted by Gasteiger charge is 2.17. The topological polar surface area (TPSA) is 71.5 Å². The van der Waals surface area contributed by atoms with Crippen molar-refractivity contribution < 1.29 is 13.2 Å². The molecule has 1 N–H and O–H groups in total. The summed E-state index contributed by atoms with van der Waals surface area (Å²) in [6.07, 6.45) is 1.59. The third-order valence-corrected chi connectivity index (χ3v) is 4.57. The number of hydrogen-bond acceptors (Lipinski definition) is 5. The Bertz CT molecular complexity index is 559. The molecule has 2 heterocycles. The number of morpholine rings is 1. The van der Waals surface area contributed by atoms with Crippen LogP contribution in [0.1, 0.15) is 5.56 Å². The van der Waals surface area contributed by atoms with Crippen LogP contribution in [0.25, 0.3) is 0 Å². The largest absolute Gasteiger partial charge is 0.379 e. The number of nitrogens with one attached hydrogen (secondary N) is 1. The molecule has 2 rings (SSSR count). The molecule has 0 unspecified atom stereocenters. The summed E-state index contributed by atoms with van der Waals surface area (Å²) in [5.41, 5.74) is 1.17. The van der Waals surface area contributed by atoms with Crippen molar-refractivity contribution in [2.45, 2.75) is 6.92 Å². The van der Waals surface area contributed by atoms with Crippen LogP contribution in [0.3, 0.4) is 0 Å². The average Bonchev–Trinajstić information content (AvgIpc) is 2.42. The number of ether oxygens (including phenoxy) is 1. The molecule has 1 aromatic heterocycles. The van der Waals surface area contributed by atoms with Gasteiger partial charge in [-0.15, -0.1) is 0 Å². The van der Waals surface area contributed by atoms with Crippen LogP contribution in [0.15, 0.2) is 12.3 Å². The number of halogens is 1. The molecule has 1 saturated heterocycles. The monoisotopic (exact) mass is 319 g/mol. The number of rotatable bonds is 5. The highest BCUT2D eigenvalue weighted by Crippen LogP contribution is 2.21. The van der Waals surface area contributed by atoms with Crippen molar-refractivity contribution in [3.8, 4) is 0 Å². The van der Waals surface area contributed by atoms with Gasteiger partial charge in [0.2, 0.25) is 10.0 Å². The predicted molar refractivity (Wildman–Crippen MR) is 78.7 cm³/mol. The Morgan fingerprint density at radius 2 is 2.15 bits per heavy atom. The first-order valence-corrected chi connectivity index (χ1v) is 8.42. The third-order valence-electron chi connectivity index (χ3n) is 3.02. The van der Waals surface area contributed by atoms with E-state index in [4.69, 9.17) is 16.3 Å². The summed E-state index contributed by atoms with van der Waals surface area (Å²) in [6.45, 7) is 5.15. The van der Waals surface area contributed by atoms with Crippen LogP contribution in [0.4, 0.5) is 5.69 Å². The number of hydrogen-bond donors (Lipinski definition) is 1. The molecule has 0 aliphatic carbocycles. The Hall–Kier alpha value is -0.890. The van der Waals surface area contributed by atoms with Crippen LogP contribution < -0.4 is 4.72 Å². The highest BCUT2D eigenvalue weighted by molar-refractivity contribution is 7.92. The van der Waals surface area contributed by atoms with Crippen LogP contribution in [0.5, 0.6) is 0 Å². The summed E-state index contributed by atoms with van der Waals surface area (Å²) in [4.78, 5) is 5.99. The van der Waals surface area contributed by atoms with Gasteiger partial charge in [-0.25, -0.2) is 13.4 Å². The van der Waals surface area contributed by atoms with Crippen molar-refractivity contribution in [3.63, 3.8) is 0 Å². The van der Waals surface area contributed by atoms with E-state index in [0.29, 0.717) is 25.4 Å². The van der Waals surface area contributed by atoms with Crippen molar-refractivity contribution in [1.82, 2.24) is 9.88 Å². The van der Waals surface area contributed by atoms with E-state index in [9.17, 15) is 8.42 Å². The minimum atomic E-state index is -3.43. The van der Waals surface area contributed by atoms with Gasteiger partial charge in [0.25, 0.3) is 0 Å². The van der Waals surface area contributed by atoms with Gasteiger partial charge in [-0.1, -0.05) is 11.6 Å². The van der Waals surface area contributed by atoms with E-state index in [0.717, 1.165) is 18.7 Å². The molecule has 112 valence electrons. The lowest BCUT2D eigenvalue weighted by Gasteiger charge is -2.26. The lowest BCUT2D eigenvalue weighted by molar-refractivity contribution is 0.0408. The molecule has 0 bridgehead atoms. The van der Waals surface area contributed by atoms with Gasteiger partial charge in [0.15, 0.2) is 5.15 Å². The number of nitrogens with zero attached hydrogens (tertiary/aromatic N) is 2. The fourth-order valence-corrected chi connectivity index (χ4v) is 3.21. The number of anilines is 1. The Morgan fingerprint density at radius 1 is 1.45 bits per heavy atom. The van der Waals surface area contributed by atoms with E-state index in [1.807, 2.05) is 6.92 Å². The Kier molecular flexibility index (Phi) is 5.20. The van der Waals surface area contributed by atoms with Crippen molar-refractivity contribution in [1.29, 1.82) is 0 Å². The van der Waals surface area contributed by atoms with Crippen molar-refractivity contribution in [2.24, 2.45) is 0 Å². The summed E-state index contributed by atoms with van der Waals surface area (Å²) >= 11 is 5.89. The molecule has 0 radical (unpaired) electrons. The van der Waals surface area contributed by atoms with Crippen LogP contribution in [-0.4, -0.2) is 56.9 Å². The van der Waals surface area contributed by atoms with Crippen molar-refractivity contribution in [3.05, 3.63) is 23.0 Å². The molecule has 1 aliphatic rings. The van der Waals surface area contributed by atoms with Crippen LogP contribution in [-0.2, 0) is 14.8 Å². The van der Waals surface area contributed by atoms with Crippen LogP contribution in [0.2, 0.25) is 5.15 Å². The second-order valence-corrected chi connectivity index (χ2v) is 6.93. The Labute approximate surface area is 124 Å². The average molecular weight is 320 g/mol. The van der Waals surface area contributed by atoms with Crippen molar-refractivity contribution in [2.75, 3.05) is 43.3 Å². The number of aromatic nitrogens is 1. The smallest absolute Gasteiger partial charge is 0.234 e. The fourth-order valence-electron chi connectivity index (χ4n) is 1.92. The Balaban J connectivity index is 1.94. The summed E-state index contributed by atoms with van der Waals surface area (Å²) < 4.78 is 31.8. The maximum absolute atomic E-state index is 12.1. The molecule has 0 spiro atoms. The second kappa shape index (κ2) is 6.71. The molecule has 0 saturated carbocycles. The minimum Gasteiger partial charge on any atom is -0.379 e. The van der Waals surface area contributed by atoms with Gasteiger partial charge in [0, 0.05) is 25.8 Å². The van der Waals surface area contributed by atoms with Crippen LogP contribution >= 0.6 is 11.6 Å². The molecular formula is C12H18ClN3O3S. The van der Waals surface area contributed by atoms with E-state index in [-0.39, 0.29) is 10.9 Å². The van der Waals surface area contributed by atoms with E-state index in [1.54, 1.807) is 12.3 Å². The van der Waals surface area contributed by atoms with E-state index in [1.165, 1.54) is 0 Å². The molecule has 1 aliphatic heterocycles. The zero-order valence-electron chi connectivity index (χ0n) is 11.3. The molecule has 0 aromatic carbocycles. The second-order valence-electron chi connectivity index (χ2n) is 4.73. The van der Waals surface area contributed by atoms with Gasteiger partial charge < -0.3 is 4.74 Å². The quantitative estimate of drug-likeness (QED) is 0.823. The SMILES string of the molecule is Cc1cnc(Cl)c(NS(=O)(=O)CCN2CCOCC2)c1. The van der Waals surface area contributed by atoms with E-state index >= 15 is 0 Å². The van der Waals surface area contributed by atoms with Gasteiger partial charge in [-0.3, -0.25) is 9.62 Å². The van der Waals surface area contributed by atoms with Gasteiger partial charge >= 0.3 is 0 Å². The molecule has 20 heavy (non-hydrogen) atoms. The normalized spacial score (nSPS) is 17.1. The van der Waals surface area contributed by atoms with Crippen LogP contribution in [0, 0.1) is 6.92 Å². The summed E-state index contributed by atoms with van der Waals surface area (Å²) in [5, 5.41) is 0.158. The first-order chi connectivity index (χ1) is 9.46. The first-order valence-electron chi connectivity index (χ1n) is 6.39. The number of aryl methyl sites for hydroxylation is 1. The molecular weight excluding hydrogens is 302 g/mol. The predicted octanol–water partition coefficient (Wildman–Crippen LogP) is 1.12. The van der Waals surface area contributed by atoms with Gasteiger partial charge in [0.05, 0.1) is 24.7 Å².